The Morgan fingerprint density at radius 2 is 1.79 bits per heavy atom. The van der Waals surface area contributed by atoms with E-state index < -0.39 is 46.9 Å². The van der Waals surface area contributed by atoms with Crippen molar-refractivity contribution < 1.29 is 47.5 Å². The highest BCUT2D eigenvalue weighted by atomic mass is 32.3. The number of ether oxygens (including phenoxy) is 1. The Bertz CT molecular complexity index is 768. The number of aromatic hydroxyl groups is 1. The van der Waals surface area contributed by atoms with Crippen molar-refractivity contribution >= 4 is 27.2 Å². The summed E-state index contributed by atoms with van der Waals surface area (Å²) in [6.45, 7) is -0.622. The number of hydrogen-bond donors (Lipinski definition) is 6. The summed E-state index contributed by atoms with van der Waals surface area (Å²) in [6.07, 6.45) is -5.42. The molecule has 2 rings (SSSR count). The standard InChI is InChI=1S/C15H21NO10S2/c17-7-10-12(19)13(20)14(21)15(25-10)27-11(16-26-28(22,23)24)6-3-8-1-4-9(18)5-2-8/h1-2,4-5,10,12-15,17-21H,3,6-7H2,(H,22,23,24)/b16-11+/t10-,12-,13+,14-,15+/m1/s1. The fourth-order valence-electron chi connectivity index (χ4n) is 2.43. The summed E-state index contributed by atoms with van der Waals surface area (Å²) in [6, 6.07) is 6.20. The lowest BCUT2D eigenvalue weighted by Gasteiger charge is -2.39. The molecule has 0 radical (unpaired) electrons. The number of thioether (sulfide) groups is 1. The van der Waals surface area contributed by atoms with Crippen LogP contribution in [0.1, 0.15) is 12.0 Å². The fourth-order valence-corrected chi connectivity index (χ4v) is 3.73. The Hall–Kier alpha value is -1.45. The fraction of sp³-hybridized carbons (Fsp3) is 0.533. The highest BCUT2D eigenvalue weighted by Crippen LogP contribution is 2.30. The molecule has 13 heteroatoms. The van der Waals surface area contributed by atoms with E-state index in [9.17, 15) is 34.0 Å². The Kier molecular flexibility index (Phi) is 8.03. The van der Waals surface area contributed by atoms with Crippen molar-refractivity contribution in [2.75, 3.05) is 6.61 Å². The lowest BCUT2D eigenvalue weighted by molar-refractivity contribution is -0.205. The van der Waals surface area contributed by atoms with Crippen molar-refractivity contribution in [2.45, 2.75) is 42.7 Å². The van der Waals surface area contributed by atoms with E-state index in [2.05, 4.69) is 9.44 Å². The Morgan fingerprint density at radius 3 is 2.36 bits per heavy atom. The van der Waals surface area contributed by atoms with E-state index in [1.807, 2.05) is 0 Å². The molecular weight excluding hydrogens is 418 g/mol. The first kappa shape index (κ1) is 22.8. The lowest BCUT2D eigenvalue weighted by atomic mass is 10.0. The van der Waals surface area contributed by atoms with Gasteiger partial charge in [0.25, 0.3) is 0 Å². The Morgan fingerprint density at radius 1 is 1.14 bits per heavy atom. The Labute approximate surface area is 165 Å². The van der Waals surface area contributed by atoms with E-state index in [4.69, 9.17) is 9.29 Å². The van der Waals surface area contributed by atoms with Crippen molar-refractivity contribution in [2.24, 2.45) is 5.16 Å². The van der Waals surface area contributed by atoms with Crippen LogP contribution in [0, 0.1) is 0 Å². The Balaban J connectivity index is 2.13. The van der Waals surface area contributed by atoms with Crippen LogP contribution in [0.5, 0.6) is 5.75 Å². The van der Waals surface area contributed by atoms with Gasteiger partial charge in [-0.05, 0) is 24.1 Å². The molecule has 0 aromatic heterocycles. The monoisotopic (exact) mass is 439 g/mol. The number of rotatable bonds is 7. The quantitative estimate of drug-likeness (QED) is 0.132. The van der Waals surface area contributed by atoms with E-state index in [1.54, 1.807) is 12.1 Å². The summed E-state index contributed by atoms with van der Waals surface area (Å²) in [4.78, 5) is 0. The number of hydrogen-bond acceptors (Lipinski definition) is 11. The first-order chi connectivity index (χ1) is 13.1. The average Bonchev–Trinajstić information content (AvgIpc) is 2.64. The van der Waals surface area contributed by atoms with Crippen LogP contribution in [0.4, 0.5) is 0 Å². The minimum atomic E-state index is -4.86. The van der Waals surface area contributed by atoms with Gasteiger partial charge in [-0.25, -0.2) is 4.28 Å². The maximum Gasteiger partial charge on any atom is 0.466 e. The molecule has 1 aromatic rings. The smallest absolute Gasteiger partial charge is 0.466 e. The van der Waals surface area contributed by atoms with Crippen molar-refractivity contribution in [3.05, 3.63) is 29.8 Å². The number of nitrogens with zero attached hydrogens (tertiary/aromatic N) is 1. The zero-order valence-electron chi connectivity index (χ0n) is 14.4. The predicted octanol–water partition coefficient (Wildman–Crippen LogP) is -1.01. The van der Waals surface area contributed by atoms with Gasteiger partial charge in [-0.15, -0.1) is 0 Å². The topological polar surface area (TPSA) is 186 Å². The van der Waals surface area contributed by atoms with Gasteiger partial charge in [-0.2, -0.15) is 8.42 Å². The molecule has 1 aliphatic heterocycles. The lowest BCUT2D eigenvalue weighted by Crippen LogP contribution is -2.57. The van der Waals surface area contributed by atoms with Gasteiger partial charge >= 0.3 is 10.4 Å². The molecule has 1 aromatic carbocycles. The predicted molar refractivity (Wildman–Crippen MR) is 97.9 cm³/mol. The van der Waals surface area contributed by atoms with Gasteiger partial charge in [-0.3, -0.25) is 4.55 Å². The van der Waals surface area contributed by atoms with Crippen molar-refractivity contribution in [3.63, 3.8) is 0 Å². The van der Waals surface area contributed by atoms with E-state index in [0.29, 0.717) is 18.2 Å². The normalized spacial score (nSPS) is 28.9. The first-order valence-corrected chi connectivity index (χ1v) is 10.3. The maximum absolute atomic E-state index is 10.8. The number of aliphatic hydroxyl groups is 4. The zero-order chi connectivity index (χ0) is 20.9. The van der Waals surface area contributed by atoms with Crippen LogP contribution in [0.25, 0.3) is 0 Å². The summed E-state index contributed by atoms with van der Waals surface area (Å²) in [5.74, 6) is 0.0723. The molecule has 6 N–H and O–H groups in total. The van der Waals surface area contributed by atoms with Crippen molar-refractivity contribution in [1.82, 2.24) is 0 Å². The molecule has 0 aliphatic carbocycles. The number of phenols is 1. The zero-order valence-corrected chi connectivity index (χ0v) is 16.0. The van der Waals surface area contributed by atoms with Crippen molar-refractivity contribution in [1.29, 1.82) is 0 Å². The van der Waals surface area contributed by atoms with Crippen LogP contribution in [-0.2, 0) is 25.8 Å². The molecule has 158 valence electrons. The van der Waals surface area contributed by atoms with E-state index in [0.717, 1.165) is 5.56 Å². The van der Waals surface area contributed by atoms with Crippen LogP contribution < -0.4 is 0 Å². The van der Waals surface area contributed by atoms with Crippen LogP contribution in [-0.4, -0.2) is 80.0 Å². The number of phenolic OH excluding ortho intramolecular Hbond substituents is 1. The number of oxime groups is 1. The molecule has 0 amide bonds. The summed E-state index contributed by atoms with van der Waals surface area (Å²) >= 11 is 0.707. The number of benzene rings is 1. The van der Waals surface area contributed by atoms with E-state index in [-0.39, 0.29) is 17.2 Å². The van der Waals surface area contributed by atoms with Gasteiger partial charge in [0.15, 0.2) is 0 Å². The van der Waals surface area contributed by atoms with Crippen LogP contribution in [0.15, 0.2) is 29.4 Å². The minimum absolute atomic E-state index is 0.00460. The summed E-state index contributed by atoms with van der Waals surface area (Å²) in [5.41, 5.74) is -0.425. The average molecular weight is 439 g/mol. The molecule has 28 heavy (non-hydrogen) atoms. The summed E-state index contributed by atoms with van der Waals surface area (Å²) < 4.78 is 39.7. The second-order valence-electron chi connectivity index (χ2n) is 5.97. The van der Waals surface area contributed by atoms with Crippen LogP contribution >= 0.6 is 11.8 Å². The SMILES string of the molecule is O=S(=O)(O)O/N=C(\CCc1ccc(O)cc1)S[C@@H]1O[C@H](CO)[C@@H](O)[C@H](O)[C@H]1O. The first-order valence-electron chi connectivity index (χ1n) is 8.08. The van der Waals surface area contributed by atoms with Gasteiger partial charge in [0.2, 0.25) is 0 Å². The second-order valence-corrected chi connectivity index (χ2v) is 8.14. The second kappa shape index (κ2) is 9.84. The molecular formula is C15H21NO10S2. The molecule has 11 nitrogen and oxygen atoms in total. The third-order valence-corrected chi connectivity index (χ3v) is 5.33. The molecule has 1 heterocycles. The molecule has 0 unspecified atom stereocenters. The largest absolute Gasteiger partial charge is 0.508 e. The van der Waals surface area contributed by atoms with Crippen LogP contribution in [0.2, 0.25) is 0 Å². The van der Waals surface area contributed by atoms with Gasteiger partial charge in [0.05, 0.1) is 6.61 Å². The third-order valence-electron chi connectivity index (χ3n) is 3.90. The summed E-state index contributed by atoms with van der Waals surface area (Å²) in [7, 11) is -4.86. The number of aryl methyl sites for hydroxylation is 1. The molecule has 1 aliphatic rings. The highest BCUT2D eigenvalue weighted by molar-refractivity contribution is 8.14. The molecule has 5 atom stereocenters. The van der Waals surface area contributed by atoms with Gasteiger partial charge < -0.3 is 30.3 Å². The maximum atomic E-state index is 10.8. The summed E-state index contributed by atoms with van der Waals surface area (Å²) in [5, 5.41) is 51.6. The molecule has 1 saturated heterocycles. The molecule has 0 bridgehead atoms. The van der Waals surface area contributed by atoms with Gasteiger partial charge in [0.1, 0.15) is 40.6 Å². The highest BCUT2D eigenvalue weighted by Gasteiger charge is 2.44. The van der Waals surface area contributed by atoms with E-state index in [1.165, 1.54) is 12.1 Å². The number of aliphatic hydroxyl groups excluding tert-OH is 4. The minimum Gasteiger partial charge on any atom is -0.508 e. The van der Waals surface area contributed by atoms with Gasteiger partial charge in [0, 0.05) is 6.42 Å². The third kappa shape index (κ3) is 6.56. The van der Waals surface area contributed by atoms with Crippen LogP contribution in [0.3, 0.4) is 0 Å². The van der Waals surface area contributed by atoms with Crippen molar-refractivity contribution in [3.8, 4) is 5.75 Å². The molecule has 0 spiro atoms. The molecule has 0 saturated carbocycles. The molecule has 1 fully saturated rings. The van der Waals surface area contributed by atoms with Gasteiger partial charge in [-0.1, -0.05) is 29.1 Å². The van der Waals surface area contributed by atoms with E-state index >= 15 is 0 Å².